The van der Waals surface area contributed by atoms with Crippen LogP contribution >= 0.6 is 11.6 Å². The number of carbonyl (C=O) groups is 3. The second-order valence-electron chi connectivity index (χ2n) is 9.48. The van der Waals surface area contributed by atoms with Gasteiger partial charge in [-0.3, -0.25) is 25.0 Å². The molecule has 4 amide bonds. The third-order valence-electron chi connectivity index (χ3n) is 6.51. The fourth-order valence-electron chi connectivity index (χ4n) is 4.37. The zero-order chi connectivity index (χ0) is 31.2. The van der Waals surface area contributed by atoms with Gasteiger partial charge < -0.3 is 14.2 Å². The van der Waals surface area contributed by atoms with Crippen LogP contribution in [-0.2, 0) is 22.8 Å². The SMILES string of the molecule is COc1cc(/C=C2\C(=O)NC(=O)N(c3ccc(OCc4ccccc4)cc3)C2=O)cc(Cl)c1OCc1cccc([N+](=O)[O-])c1. The minimum Gasteiger partial charge on any atom is -0.493 e. The number of urea groups is 1. The number of nitrogens with zero attached hydrogens (tertiary/aromatic N) is 2. The maximum Gasteiger partial charge on any atom is 0.335 e. The highest BCUT2D eigenvalue weighted by atomic mass is 35.5. The number of amides is 4. The number of nitrogens with one attached hydrogen (secondary N) is 1. The number of ether oxygens (including phenoxy) is 3. The number of methoxy groups -OCH3 is 1. The van der Waals surface area contributed by atoms with Crippen molar-refractivity contribution in [1.29, 1.82) is 0 Å². The lowest BCUT2D eigenvalue weighted by atomic mass is 10.1. The molecule has 1 N–H and O–H groups in total. The molecule has 0 spiro atoms. The molecule has 44 heavy (non-hydrogen) atoms. The van der Waals surface area contributed by atoms with E-state index in [0.29, 0.717) is 23.5 Å². The Hall–Kier alpha value is -5.68. The summed E-state index contributed by atoms with van der Waals surface area (Å²) in [5.41, 5.74) is 1.69. The van der Waals surface area contributed by atoms with Gasteiger partial charge in [-0.15, -0.1) is 0 Å². The topological polar surface area (TPSA) is 137 Å². The molecule has 1 aliphatic rings. The molecule has 1 aliphatic heterocycles. The molecule has 0 radical (unpaired) electrons. The molecule has 0 aromatic heterocycles. The lowest BCUT2D eigenvalue weighted by Gasteiger charge is -2.26. The van der Waals surface area contributed by atoms with E-state index in [0.717, 1.165) is 10.5 Å². The third-order valence-corrected chi connectivity index (χ3v) is 6.79. The van der Waals surface area contributed by atoms with Gasteiger partial charge in [0, 0.05) is 12.1 Å². The number of imide groups is 2. The summed E-state index contributed by atoms with van der Waals surface area (Å²) in [6.07, 6.45) is 1.28. The van der Waals surface area contributed by atoms with E-state index >= 15 is 0 Å². The number of nitro groups is 1. The predicted molar refractivity (Wildman–Crippen MR) is 162 cm³/mol. The first-order valence-electron chi connectivity index (χ1n) is 13.2. The van der Waals surface area contributed by atoms with E-state index in [9.17, 15) is 24.5 Å². The molecule has 0 atom stereocenters. The largest absolute Gasteiger partial charge is 0.493 e. The van der Waals surface area contributed by atoms with E-state index in [1.807, 2.05) is 30.3 Å². The monoisotopic (exact) mass is 613 g/mol. The second-order valence-corrected chi connectivity index (χ2v) is 9.88. The van der Waals surface area contributed by atoms with Gasteiger partial charge in [0.1, 0.15) is 24.5 Å². The number of barbiturate groups is 1. The first kappa shape index (κ1) is 29.8. The fourth-order valence-corrected chi connectivity index (χ4v) is 4.64. The molecule has 1 heterocycles. The van der Waals surface area contributed by atoms with Gasteiger partial charge in [-0.2, -0.15) is 0 Å². The molecule has 0 unspecified atom stereocenters. The van der Waals surface area contributed by atoms with Crippen LogP contribution in [0.15, 0.2) is 96.6 Å². The van der Waals surface area contributed by atoms with Crippen LogP contribution in [0.5, 0.6) is 17.2 Å². The molecule has 0 saturated carbocycles. The molecule has 4 aromatic rings. The highest BCUT2D eigenvalue weighted by Gasteiger charge is 2.37. The van der Waals surface area contributed by atoms with E-state index in [4.69, 9.17) is 25.8 Å². The Morgan fingerprint density at radius 1 is 0.886 bits per heavy atom. The van der Waals surface area contributed by atoms with E-state index in [1.165, 1.54) is 37.5 Å². The van der Waals surface area contributed by atoms with E-state index in [-0.39, 0.29) is 40.1 Å². The number of anilines is 1. The van der Waals surface area contributed by atoms with Gasteiger partial charge in [0.05, 0.1) is 22.7 Å². The van der Waals surface area contributed by atoms with Gasteiger partial charge in [-0.1, -0.05) is 54.1 Å². The minimum absolute atomic E-state index is 0.0355. The fraction of sp³-hybridized carbons (Fsp3) is 0.0938. The second kappa shape index (κ2) is 13.1. The number of rotatable bonds is 10. The summed E-state index contributed by atoms with van der Waals surface area (Å²) in [6.45, 7) is 0.307. The van der Waals surface area contributed by atoms with Crippen molar-refractivity contribution in [3.05, 3.63) is 128 Å². The van der Waals surface area contributed by atoms with Crippen molar-refractivity contribution in [3.8, 4) is 17.2 Å². The summed E-state index contributed by atoms with van der Waals surface area (Å²) in [5, 5.41) is 13.4. The summed E-state index contributed by atoms with van der Waals surface area (Å²) < 4.78 is 17.0. The first-order chi connectivity index (χ1) is 21.2. The lowest BCUT2D eigenvalue weighted by Crippen LogP contribution is -2.54. The highest BCUT2D eigenvalue weighted by molar-refractivity contribution is 6.39. The van der Waals surface area contributed by atoms with Crippen molar-refractivity contribution in [3.63, 3.8) is 0 Å². The number of hydrogen-bond donors (Lipinski definition) is 1. The van der Waals surface area contributed by atoms with E-state index < -0.39 is 22.8 Å². The Balaban J connectivity index is 1.34. The third kappa shape index (κ3) is 6.69. The van der Waals surface area contributed by atoms with Crippen LogP contribution in [0.4, 0.5) is 16.2 Å². The van der Waals surface area contributed by atoms with Crippen LogP contribution in [0.2, 0.25) is 5.02 Å². The predicted octanol–water partition coefficient (Wildman–Crippen LogP) is 6.08. The standard InChI is InChI=1S/C32H24ClN3O8/c1-42-28-17-22(16-27(33)29(28)44-19-21-8-5-9-24(14-21)36(40)41)15-26-30(37)34-32(39)35(31(26)38)23-10-12-25(13-11-23)43-18-20-6-3-2-4-7-20/h2-17H,18-19H2,1H3,(H,34,37,39)/b26-15+. The van der Waals surface area contributed by atoms with Gasteiger partial charge in [0.15, 0.2) is 11.5 Å². The minimum atomic E-state index is -0.893. The quantitative estimate of drug-likeness (QED) is 0.0983. The van der Waals surface area contributed by atoms with Crippen molar-refractivity contribution >= 4 is 46.9 Å². The van der Waals surface area contributed by atoms with Crippen LogP contribution in [-0.4, -0.2) is 29.9 Å². The van der Waals surface area contributed by atoms with Crippen molar-refractivity contribution in [2.45, 2.75) is 13.2 Å². The molecule has 0 aliphatic carbocycles. The molecule has 4 aromatic carbocycles. The molecule has 0 bridgehead atoms. The van der Waals surface area contributed by atoms with Crippen LogP contribution < -0.4 is 24.4 Å². The maximum absolute atomic E-state index is 13.4. The summed E-state index contributed by atoms with van der Waals surface area (Å²) >= 11 is 6.47. The van der Waals surface area contributed by atoms with E-state index in [2.05, 4.69) is 5.32 Å². The number of halogens is 1. The van der Waals surface area contributed by atoms with Gasteiger partial charge in [-0.05, 0) is 59.2 Å². The van der Waals surface area contributed by atoms with Crippen molar-refractivity contribution in [2.75, 3.05) is 12.0 Å². The number of non-ortho nitro benzene ring substituents is 1. The molecule has 222 valence electrons. The maximum atomic E-state index is 13.4. The molecule has 5 rings (SSSR count). The zero-order valence-electron chi connectivity index (χ0n) is 23.2. The van der Waals surface area contributed by atoms with Crippen molar-refractivity contribution in [2.24, 2.45) is 0 Å². The Morgan fingerprint density at radius 3 is 2.30 bits per heavy atom. The van der Waals surface area contributed by atoms with Crippen LogP contribution in [0.3, 0.4) is 0 Å². The molecule has 1 fully saturated rings. The zero-order valence-corrected chi connectivity index (χ0v) is 23.9. The first-order valence-corrected chi connectivity index (χ1v) is 13.5. The van der Waals surface area contributed by atoms with Crippen molar-refractivity contribution < 1.29 is 33.5 Å². The molecular weight excluding hydrogens is 590 g/mol. The Morgan fingerprint density at radius 2 is 1.59 bits per heavy atom. The summed E-state index contributed by atoms with van der Waals surface area (Å²) in [6, 6.07) is 23.9. The summed E-state index contributed by atoms with van der Waals surface area (Å²) in [5.74, 6) is -0.826. The summed E-state index contributed by atoms with van der Waals surface area (Å²) in [7, 11) is 1.38. The smallest absolute Gasteiger partial charge is 0.335 e. The lowest BCUT2D eigenvalue weighted by molar-refractivity contribution is -0.384. The number of hydrogen-bond acceptors (Lipinski definition) is 8. The Labute approximate surface area is 256 Å². The van der Waals surface area contributed by atoms with Gasteiger partial charge in [0.2, 0.25) is 0 Å². The van der Waals surface area contributed by atoms with Gasteiger partial charge >= 0.3 is 6.03 Å². The number of carbonyl (C=O) groups excluding carboxylic acids is 3. The van der Waals surface area contributed by atoms with Gasteiger partial charge in [-0.25, -0.2) is 9.69 Å². The van der Waals surface area contributed by atoms with Gasteiger partial charge in [0.25, 0.3) is 17.5 Å². The number of nitro benzene ring substituents is 1. The molecular formula is C32H24ClN3O8. The Bertz CT molecular complexity index is 1770. The molecule has 12 heteroatoms. The summed E-state index contributed by atoms with van der Waals surface area (Å²) in [4.78, 5) is 50.2. The van der Waals surface area contributed by atoms with Crippen molar-refractivity contribution in [1.82, 2.24) is 5.32 Å². The van der Waals surface area contributed by atoms with Crippen LogP contribution in [0, 0.1) is 10.1 Å². The normalized spacial score (nSPS) is 13.9. The highest BCUT2D eigenvalue weighted by Crippen LogP contribution is 2.38. The Kier molecular flexibility index (Phi) is 8.87. The molecule has 1 saturated heterocycles. The number of benzene rings is 4. The van der Waals surface area contributed by atoms with E-state index in [1.54, 1.807) is 36.4 Å². The average molecular weight is 614 g/mol. The van der Waals surface area contributed by atoms with Crippen LogP contribution in [0.25, 0.3) is 6.08 Å². The molecule has 11 nitrogen and oxygen atoms in total. The van der Waals surface area contributed by atoms with Crippen LogP contribution in [0.1, 0.15) is 16.7 Å². The average Bonchev–Trinajstić information content (AvgIpc) is 3.02.